The first-order valence-corrected chi connectivity index (χ1v) is 13.2. The third-order valence-electron chi connectivity index (χ3n) is 5.37. The van der Waals surface area contributed by atoms with Gasteiger partial charge in [0.25, 0.3) is 0 Å². The molecule has 3 rings (SSSR count). The van der Waals surface area contributed by atoms with Crippen LogP contribution in [0, 0.1) is 0 Å². The average Bonchev–Trinajstić information content (AvgIpc) is 2.87. The summed E-state index contributed by atoms with van der Waals surface area (Å²) in [5.41, 5.74) is 2.09. The van der Waals surface area contributed by atoms with Crippen molar-refractivity contribution in [3.63, 3.8) is 0 Å². The maximum atomic E-state index is 13.5. The second-order valence-corrected chi connectivity index (χ2v) is 10.5. The van der Waals surface area contributed by atoms with Crippen LogP contribution in [0.15, 0.2) is 76.1 Å². The number of sulfonamides is 1. The van der Waals surface area contributed by atoms with Gasteiger partial charge in [-0.15, -0.1) is 0 Å². The average molecular weight is 562 g/mol. The second-order valence-electron chi connectivity index (χ2n) is 7.65. The number of halogens is 1. The van der Waals surface area contributed by atoms with Crippen molar-refractivity contribution in [3.05, 3.63) is 87.9 Å². The first kappa shape index (κ1) is 26.7. The van der Waals surface area contributed by atoms with Crippen LogP contribution in [0.5, 0.6) is 11.5 Å². The van der Waals surface area contributed by atoms with Crippen molar-refractivity contribution >= 4 is 31.9 Å². The monoisotopic (exact) mass is 561 g/mol. The van der Waals surface area contributed by atoms with Crippen LogP contribution in [-0.4, -0.2) is 46.1 Å². The van der Waals surface area contributed by atoms with E-state index >= 15 is 0 Å². The number of carbonyl (C=O) groups excluding carboxylic acids is 1. The van der Waals surface area contributed by atoms with Crippen LogP contribution in [-0.2, 0) is 27.7 Å². The first-order chi connectivity index (χ1) is 16.8. The summed E-state index contributed by atoms with van der Waals surface area (Å²) >= 11 is 3.35. The maximum Gasteiger partial charge on any atom is 0.338 e. The second kappa shape index (κ2) is 12.2. The van der Waals surface area contributed by atoms with Gasteiger partial charge in [0.1, 0.15) is 0 Å². The van der Waals surface area contributed by atoms with Crippen LogP contribution >= 0.6 is 15.9 Å². The van der Waals surface area contributed by atoms with Crippen molar-refractivity contribution < 1.29 is 27.4 Å². The topological polar surface area (TPSA) is 82.1 Å². The lowest BCUT2D eigenvalue weighted by Crippen LogP contribution is -2.32. The van der Waals surface area contributed by atoms with E-state index in [0.717, 1.165) is 15.6 Å². The van der Waals surface area contributed by atoms with Gasteiger partial charge in [-0.25, -0.2) is 13.2 Å². The zero-order chi connectivity index (χ0) is 25.4. The number of rotatable bonds is 11. The van der Waals surface area contributed by atoms with Crippen molar-refractivity contribution in [2.45, 2.75) is 24.8 Å². The lowest BCUT2D eigenvalue weighted by Gasteiger charge is -2.23. The van der Waals surface area contributed by atoms with Gasteiger partial charge in [-0.2, -0.15) is 4.31 Å². The first-order valence-electron chi connectivity index (χ1n) is 11.0. The molecule has 0 N–H and O–H groups in total. The Morgan fingerprint density at radius 1 is 0.886 bits per heavy atom. The highest BCUT2D eigenvalue weighted by atomic mass is 79.9. The minimum absolute atomic E-state index is 0.148. The molecule has 186 valence electrons. The number of benzene rings is 3. The predicted molar refractivity (Wildman–Crippen MR) is 137 cm³/mol. The van der Waals surface area contributed by atoms with Crippen molar-refractivity contribution in [2.75, 3.05) is 27.4 Å². The molecule has 0 amide bonds. The van der Waals surface area contributed by atoms with E-state index in [1.165, 1.54) is 4.31 Å². The molecular formula is C26H28BrNO6S. The zero-order valence-corrected chi connectivity index (χ0v) is 22.3. The lowest BCUT2D eigenvalue weighted by molar-refractivity contribution is 0.0526. The van der Waals surface area contributed by atoms with E-state index in [-0.39, 0.29) is 24.6 Å². The van der Waals surface area contributed by atoms with E-state index in [0.29, 0.717) is 23.5 Å². The van der Waals surface area contributed by atoms with Crippen LogP contribution in [0.2, 0.25) is 0 Å². The molecule has 0 saturated heterocycles. The summed E-state index contributed by atoms with van der Waals surface area (Å²) in [6.07, 6.45) is 0.469. The van der Waals surface area contributed by atoms with Crippen molar-refractivity contribution in [3.8, 4) is 11.5 Å². The van der Waals surface area contributed by atoms with Gasteiger partial charge in [-0.3, -0.25) is 0 Å². The van der Waals surface area contributed by atoms with Gasteiger partial charge in [0.05, 0.1) is 31.3 Å². The summed E-state index contributed by atoms with van der Waals surface area (Å²) in [6.45, 7) is 2.42. The van der Waals surface area contributed by atoms with Crippen LogP contribution in [0.1, 0.15) is 28.4 Å². The SMILES string of the molecule is CCOC(=O)c1ccc(CN(CCc2ccc(OC)c(OC)c2)S(=O)(=O)c2ccc(Br)cc2)cc1. The Morgan fingerprint density at radius 3 is 2.11 bits per heavy atom. The summed E-state index contributed by atoms with van der Waals surface area (Å²) in [7, 11) is -0.657. The third kappa shape index (κ3) is 6.84. The summed E-state index contributed by atoms with van der Waals surface area (Å²) in [5, 5.41) is 0. The van der Waals surface area contributed by atoms with Crippen LogP contribution in [0.4, 0.5) is 0 Å². The van der Waals surface area contributed by atoms with Gasteiger partial charge >= 0.3 is 5.97 Å². The molecule has 7 nitrogen and oxygen atoms in total. The normalized spacial score (nSPS) is 11.3. The molecule has 0 aromatic heterocycles. The van der Waals surface area contributed by atoms with Crippen LogP contribution in [0.3, 0.4) is 0 Å². The molecule has 0 aliphatic heterocycles. The van der Waals surface area contributed by atoms with Crippen molar-refractivity contribution in [1.29, 1.82) is 0 Å². The van der Waals surface area contributed by atoms with Gasteiger partial charge in [0.2, 0.25) is 10.0 Å². The minimum Gasteiger partial charge on any atom is -0.493 e. The highest BCUT2D eigenvalue weighted by Gasteiger charge is 2.25. The highest BCUT2D eigenvalue weighted by Crippen LogP contribution is 2.28. The maximum absolute atomic E-state index is 13.5. The lowest BCUT2D eigenvalue weighted by atomic mass is 10.1. The van der Waals surface area contributed by atoms with E-state index in [2.05, 4.69) is 15.9 Å². The molecule has 3 aromatic rings. The Bertz CT molecular complexity index is 1240. The smallest absolute Gasteiger partial charge is 0.338 e. The van der Waals surface area contributed by atoms with Crippen LogP contribution < -0.4 is 9.47 Å². The molecule has 0 fully saturated rings. The fourth-order valence-corrected chi connectivity index (χ4v) is 5.19. The third-order valence-corrected chi connectivity index (χ3v) is 7.76. The quantitative estimate of drug-likeness (QED) is 0.304. The molecule has 0 heterocycles. The molecule has 0 atom stereocenters. The molecule has 0 aliphatic rings. The Balaban J connectivity index is 1.87. The van der Waals surface area contributed by atoms with E-state index in [1.807, 2.05) is 12.1 Å². The van der Waals surface area contributed by atoms with Crippen molar-refractivity contribution in [1.82, 2.24) is 4.31 Å². The molecule has 0 radical (unpaired) electrons. The molecule has 0 bridgehead atoms. The number of esters is 1. The zero-order valence-electron chi connectivity index (χ0n) is 19.9. The summed E-state index contributed by atoms with van der Waals surface area (Å²) in [4.78, 5) is 12.2. The Hall–Kier alpha value is -2.88. The fourth-order valence-electron chi connectivity index (χ4n) is 3.49. The summed E-state index contributed by atoms with van der Waals surface area (Å²) in [6, 6.07) is 18.9. The predicted octanol–water partition coefficient (Wildman–Crippen LogP) is 5.08. The summed E-state index contributed by atoms with van der Waals surface area (Å²) < 4.78 is 45.0. The van der Waals surface area contributed by atoms with Gasteiger partial charge < -0.3 is 14.2 Å². The molecule has 35 heavy (non-hydrogen) atoms. The standard InChI is InChI=1S/C26H28BrNO6S/c1-4-34-26(29)21-8-5-20(6-9-21)18-28(35(30,31)23-12-10-22(27)11-13-23)16-15-19-7-14-24(32-2)25(17-19)33-3/h5-14,17H,4,15-16,18H2,1-3H3. The fraction of sp³-hybridized carbons (Fsp3) is 0.269. The molecule has 0 saturated carbocycles. The number of nitrogens with zero attached hydrogens (tertiary/aromatic N) is 1. The van der Waals surface area contributed by atoms with E-state index < -0.39 is 16.0 Å². The summed E-state index contributed by atoms with van der Waals surface area (Å²) in [5.74, 6) is 0.783. The minimum atomic E-state index is -3.78. The largest absolute Gasteiger partial charge is 0.493 e. The van der Waals surface area contributed by atoms with Gasteiger partial charge in [-0.05, 0) is 73.0 Å². The Kier molecular flexibility index (Phi) is 9.31. The number of methoxy groups -OCH3 is 2. The number of carbonyl (C=O) groups is 1. The molecule has 0 spiro atoms. The molecule has 3 aromatic carbocycles. The Morgan fingerprint density at radius 2 is 1.51 bits per heavy atom. The van der Waals surface area contributed by atoms with Crippen LogP contribution in [0.25, 0.3) is 0 Å². The van der Waals surface area contributed by atoms with Crippen molar-refractivity contribution in [2.24, 2.45) is 0 Å². The van der Waals surface area contributed by atoms with E-state index in [4.69, 9.17) is 14.2 Å². The van der Waals surface area contributed by atoms with Gasteiger partial charge in [-0.1, -0.05) is 34.1 Å². The number of ether oxygens (including phenoxy) is 3. The number of hydrogen-bond acceptors (Lipinski definition) is 6. The Labute approximate surface area is 214 Å². The highest BCUT2D eigenvalue weighted by molar-refractivity contribution is 9.10. The number of hydrogen-bond donors (Lipinski definition) is 0. The van der Waals surface area contributed by atoms with E-state index in [1.54, 1.807) is 75.7 Å². The van der Waals surface area contributed by atoms with Gasteiger partial charge in [0.15, 0.2) is 11.5 Å². The molecule has 0 aliphatic carbocycles. The van der Waals surface area contributed by atoms with E-state index in [9.17, 15) is 13.2 Å². The van der Waals surface area contributed by atoms with Gasteiger partial charge in [0, 0.05) is 17.6 Å². The molecule has 9 heteroatoms. The molecular weight excluding hydrogens is 534 g/mol. The molecule has 0 unspecified atom stereocenters.